The van der Waals surface area contributed by atoms with Gasteiger partial charge in [0.25, 0.3) is 0 Å². The summed E-state index contributed by atoms with van der Waals surface area (Å²) < 4.78 is 90.6. The van der Waals surface area contributed by atoms with Gasteiger partial charge in [-0.05, 0) is 18.4 Å². The zero-order valence-corrected chi connectivity index (χ0v) is 8.63. The monoisotopic (exact) mass is 264 g/mol. The van der Waals surface area contributed by atoms with E-state index in [0.717, 1.165) is 13.8 Å². The van der Waals surface area contributed by atoms with Crippen LogP contribution in [-0.2, 0) is 4.94 Å². The van der Waals surface area contributed by atoms with Gasteiger partial charge in [0.1, 0.15) is 0 Å². The van der Waals surface area contributed by atoms with Gasteiger partial charge in [-0.2, -0.15) is 13.2 Å². The van der Waals surface area contributed by atoms with E-state index in [-0.39, 0.29) is 0 Å². The summed E-state index contributed by atoms with van der Waals surface area (Å²) >= 11 is 0. The number of allylic oxidation sites excluding steroid dienone is 2. The zero-order valence-electron chi connectivity index (χ0n) is 8.63. The second kappa shape index (κ2) is 4.01. The fraction of sp³-hybridized carbons (Fsp3) is 0.556. The van der Waals surface area contributed by atoms with E-state index in [9.17, 15) is 30.9 Å². The van der Waals surface area contributed by atoms with Crippen molar-refractivity contribution in [2.75, 3.05) is 0 Å². The first kappa shape index (κ1) is 14.0. The van der Waals surface area contributed by atoms with Crippen molar-refractivity contribution >= 4 is 0 Å². The molecule has 0 fully saturated rings. The number of alkyl halides is 4. The summed E-state index contributed by atoms with van der Waals surface area (Å²) in [5.74, 6) is -14.6. The molecule has 0 bridgehead atoms. The Labute approximate surface area is 91.4 Å². The quantitative estimate of drug-likeness (QED) is 0.513. The Morgan fingerprint density at radius 1 is 1.18 bits per heavy atom. The third-order valence-corrected chi connectivity index (χ3v) is 2.29. The van der Waals surface area contributed by atoms with Gasteiger partial charge in [0.2, 0.25) is 12.0 Å². The Bertz CT molecular complexity index is 396. The van der Waals surface area contributed by atoms with Crippen molar-refractivity contribution in [1.29, 1.82) is 0 Å². The lowest BCUT2D eigenvalue weighted by Gasteiger charge is -2.35. The van der Waals surface area contributed by atoms with E-state index < -0.39 is 40.7 Å². The predicted molar refractivity (Wildman–Crippen MR) is 43.5 cm³/mol. The summed E-state index contributed by atoms with van der Waals surface area (Å²) in [6, 6.07) is 0. The van der Waals surface area contributed by atoms with Crippen LogP contribution in [0.5, 0.6) is 0 Å². The molecule has 98 valence electrons. The molecule has 0 radical (unpaired) electrons. The van der Waals surface area contributed by atoms with Crippen LogP contribution in [0.4, 0.5) is 30.9 Å². The average molecular weight is 264 g/mol. The molecule has 0 saturated carbocycles. The van der Waals surface area contributed by atoms with Crippen molar-refractivity contribution in [1.82, 2.24) is 0 Å². The largest absolute Gasteiger partial charge is 0.326 e. The molecule has 0 saturated heterocycles. The molecule has 0 spiro atoms. The molecule has 0 heterocycles. The van der Waals surface area contributed by atoms with Crippen molar-refractivity contribution in [3.05, 3.63) is 22.8 Å². The van der Waals surface area contributed by atoms with Crippen molar-refractivity contribution in [2.45, 2.75) is 31.8 Å². The maximum absolute atomic E-state index is 13.6. The summed E-state index contributed by atoms with van der Waals surface area (Å²) in [5.41, 5.74) is -2.54. The molecule has 0 amide bonds. The smallest absolute Gasteiger partial charge is 0.232 e. The van der Waals surface area contributed by atoms with Crippen LogP contribution in [0.25, 0.3) is 0 Å². The van der Waals surface area contributed by atoms with Crippen LogP contribution in [0, 0.1) is 0 Å². The molecule has 2 atom stereocenters. The summed E-state index contributed by atoms with van der Waals surface area (Å²) in [5, 5.41) is 0. The zero-order chi connectivity index (χ0) is 13.6. The highest BCUT2D eigenvalue weighted by molar-refractivity contribution is 5.42. The Kier molecular flexibility index (Phi) is 3.30. The molecular formula is C9H7F7O. The van der Waals surface area contributed by atoms with E-state index in [4.69, 9.17) is 0 Å². The normalized spacial score (nSPS) is 33.0. The first-order valence-electron chi connectivity index (χ1n) is 4.35. The third-order valence-electron chi connectivity index (χ3n) is 2.29. The van der Waals surface area contributed by atoms with Gasteiger partial charge >= 0.3 is 11.8 Å². The summed E-state index contributed by atoms with van der Waals surface area (Å²) in [4.78, 5) is 2.48. The van der Waals surface area contributed by atoms with E-state index >= 15 is 0 Å². The van der Waals surface area contributed by atoms with Gasteiger partial charge in [0.05, 0.1) is 5.57 Å². The topological polar surface area (TPSA) is 9.23 Å². The summed E-state index contributed by atoms with van der Waals surface area (Å²) in [6.07, 6.45) is -3.72. The molecule has 1 aliphatic carbocycles. The van der Waals surface area contributed by atoms with Gasteiger partial charge in [-0.15, -0.1) is 4.94 Å². The van der Waals surface area contributed by atoms with E-state index in [2.05, 4.69) is 4.94 Å². The van der Waals surface area contributed by atoms with Crippen LogP contribution in [0.2, 0.25) is 0 Å². The van der Waals surface area contributed by atoms with Gasteiger partial charge in [0, 0.05) is 0 Å². The molecule has 1 nitrogen and oxygen atoms in total. The van der Waals surface area contributed by atoms with Crippen molar-refractivity contribution < 1.29 is 35.8 Å². The number of rotatable bonds is 1. The average Bonchev–Trinajstić information content (AvgIpc) is 2.23. The molecule has 17 heavy (non-hydrogen) atoms. The van der Waals surface area contributed by atoms with Crippen LogP contribution < -0.4 is 0 Å². The minimum atomic E-state index is -4.74. The maximum atomic E-state index is 13.6. The molecule has 0 N–H and O–H groups in total. The van der Waals surface area contributed by atoms with E-state index in [1.54, 1.807) is 0 Å². The lowest BCUT2D eigenvalue weighted by atomic mass is 9.86. The van der Waals surface area contributed by atoms with Gasteiger partial charge in [0.15, 0.2) is 5.83 Å². The first-order chi connectivity index (χ1) is 7.60. The summed E-state index contributed by atoms with van der Waals surface area (Å²) in [7, 11) is 0. The van der Waals surface area contributed by atoms with Crippen LogP contribution in [-0.4, -0.2) is 17.9 Å². The molecule has 2 unspecified atom stereocenters. The molecule has 1 rings (SSSR count). The van der Waals surface area contributed by atoms with Crippen LogP contribution in [0.1, 0.15) is 13.8 Å². The SMILES string of the molecule is CC(C)=C1C(F)(OF)C(F)=C(F)C(F)C1(F)F. The highest BCUT2D eigenvalue weighted by atomic mass is 19.3. The molecule has 0 aromatic heterocycles. The van der Waals surface area contributed by atoms with Crippen molar-refractivity contribution in [2.24, 2.45) is 0 Å². The van der Waals surface area contributed by atoms with E-state index in [1.807, 2.05) is 0 Å². The Morgan fingerprint density at radius 3 is 2.00 bits per heavy atom. The van der Waals surface area contributed by atoms with Crippen LogP contribution in [0.3, 0.4) is 0 Å². The van der Waals surface area contributed by atoms with E-state index in [1.165, 1.54) is 0 Å². The predicted octanol–water partition coefficient (Wildman–Crippen LogP) is 4.03. The van der Waals surface area contributed by atoms with Crippen molar-refractivity contribution in [3.8, 4) is 0 Å². The fourth-order valence-corrected chi connectivity index (χ4v) is 1.60. The van der Waals surface area contributed by atoms with Gasteiger partial charge in [-0.1, -0.05) is 5.57 Å². The molecule has 1 aliphatic rings. The maximum Gasteiger partial charge on any atom is 0.326 e. The van der Waals surface area contributed by atoms with Crippen LogP contribution >= 0.6 is 0 Å². The minimum absolute atomic E-state index is 0.625. The lowest BCUT2D eigenvalue weighted by Crippen LogP contribution is -2.49. The molecule has 0 aromatic rings. The summed E-state index contributed by atoms with van der Waals surface area (Å²) in [6.45, 7) is 1.72. The molecule has 0 aliphatic heterocycles. The second-order valence-electron chi connectivity index (χ2n) is 3.69. The lowest BCUT2D eigenvalue weighted by molar-refractivity contribution is -0.281. The van der Waals surface area contributed by atoms with Crippen LogP contribution in [0.15, 0.2) is 22.8 Å². The number of hydrogen-bond acceptors (Lipinski definition) is 1. The number of halogens is 7. The van der Waals surface area contributed by atoms with E-state index in [0.29, 0.717) is 0 Å². The van der Waals surface area contributed by atoms with Gasteiger partial charge in [-0.3, -0.25) is 0 Å². The minimum Gasteiger partial charge on any atom is -0.232 e. The van der Waals surface area contributed by atoms with Gasteiger partial charge < -0.3 is 0 Å². The Hall–Kier alpha value is -1.05. The van der Waals surface area contributed by atoms with Gasteiger partial charge in [-0.25, -0.2) is 13.2 Å². The number of hydrogen-bond donors (Lipinski definition) is 0. The Balaban J connectivity index is 3.64. The Morgan fingerprint density at radius 2 is 1.65 bits per heavy atom. The molecule has 0 aromatic carbocycles. The molecule has 8 heteroatoms. The highest BCUT2D eigenvalue weighted by Gasteiger charge is 2.65. The second-order valence-corrected chi connectivity index (χ2v) is 3.69. The third kappa shape index (κ3) is 1.74. The highest BCUT2D eigenvalue weighted by Crippen LogP contribution is 2.52. The fourth-order valence-electron chi connectivity index (χ4n) is 1.60. The standard InChI is InChI=1S/C9H7F7O/c1-3(2)5-8(13,14)6(11)4(10)7(12)9(5,15)17-16/h6H,1-2H3. The first-order valence-corrected chi connectivity index (χ1v) is 4.35. The van der Waals surface area contributed by atoms with Crippen molar-refractivity contribution in [3.63, 3.8) is 0 Å². The molecular weight excluding hydrogens is 257 g/mol.